The molecule has 0 aliphatic carbocycles. The molecule has 0 unspecified atom stereocenters. The molecular weight excluding hydrogens is 196 g/mol. The second-order valence-corrected chi connectivity index (χ2v) is 3.14. The lowest BCUT2D eigenvalue weighted by atomic mass is 10.4. The first-order valence-electron chi connectivity index (χ1n) is 4.33. The van der Waals surface area contributed by atoms with Crippen LogP contribution in [0, 0.1) is 6.92 Å². The molecule has 0 saturated carbocycles. The predicted molar refractivity (Wildman–Crippen MR) is 54.4 cm³/mol. The molecule has 0 aliphatic rings. The second-order valence-electron chi connectivity index (χ2n) is 3.14. The summed E-state index contributed by atoms with van der Waals surface area (Å²) in [7, 11) is 1.27. The smallest absolute Gasteiger partial charge is 0.360 e. The van der Waals surface area contributed by atoms with E-state index in [-0.39, 0.29) is 11.5 Å². The van der Waals surface area contributed by atoms with Crippen LogP contribution >= 0.6 is 0 Å². The lowest BCUT2D eigenvalue weighted by molar-refractivity contribution is 0.0595. The summed E-state index contributed by atoms with van der Waals surface area (Å²) in [5.41, 5.74) is 7.70. The molecular formula is C9H10N4O2. The Morgan fingerprint density at radius 2 is 2.27 bits per heavy atom. The monoisotopic (exact) mass is 206 g/mol. The fraction of sp³-hybridized carbons (Fsp3) is 0.222. The third kappa shape index (κ3) is 1.50. The molecule has 2 heterocycles. The standard InChI is InChI=1S/C9H10N4O2/c1-4-3-5-8(11-4)13-7(10)6(12-5)9(14)15-2/h3H,1-2H3,(H3,10,11,13). The van der Waals surface area contributed by atoms with Crippen LogP contribution in [-0.2, 0) is 4.74 Å². The molecule has 0 amide bonds. The molecule has 2 aromatic heterocycles. The Labute approximate surface area is 85.5 Å². The lowest BCUT2D eigenvalue weighted by Gasteiger charge is -2.01. The number of nitrogen functional groups attached to an aromatic ring is 1. The van der Waals surface area contributed by atoms with Crippen molar-refractivity contribution in [3.8, 4) is 0 Å². The van der Waals surface area contributed by atoms with Gasteiger partial charge >= 0.3 is 5.97 Å². The van der Waals surface area contributed by atoms with Crippen LogP contribution in [0.4, 0.5) is 5.82 Å². The summed E-state index contributed by atoms with van der Waals surface area (Å²) >= 11 is 0. The molecule has 3 N–H and O–H groups in total. The number of nitrogens with zero attached hydrogens (tertiary/aromatic N) is 2. The SMILES string of the molecule is COC(=O)c1nc2cc(C)[nH]c2nc1N. The average Bonchev–Trinajstić information content (AvgIpc) is 2.55. The van der Waals surface area contributed by atoms with Gasteiger partial charge in [-0.3, -0.25) is 0 Å². The van der Waals surface area contributed by atoms with Gasteiger partial charge < -0.3 is 15.5 Å². The Balaban J connectivity index is 2.66. The minimum absolute atomic E-state index is 0.0454. The average molecular weight is 206 g/mol. The highest BCUT2D eigenvalue weighted by Crippen LogP contribution is 2.15. The highest BCUT2D eigenvalue weighted by atomic mass is 16.5. The molecule has 2 rings (SSSR count). The molecule has 6 nitrogen and oxygen atoms in total. The van der Waals surface area contributed by atoms with E-state index in [0.717, 1.165) is 5.69 Å². The number of carbonyl (C=O) groups is 1. The fourth-order valence-electron chi connectivity index (χ4n) is 1.33. The van der Waals surface area contributed by atoms with Gasteiger partial charge in [0.15, 0.2) is 17.2 Å². The number of aromatic nitrogens is 3. The van der Waals surface area contributed by atoms with Crippen LogP contribution in [0.15, 0.2) is 6.07 Å². The lowest BCUT2D eigenvalue weighted by Crippen LogP contribution is -2.10. The predicted octanol–water partition coefficient (Wildman–Crippen LogP) is 0.635. The molecule has 0 atom stereocenters. The summed E-state index contributed by atoms with van der Waals surface area (Å²) in [4.78, 5) is 22.3. The highest BCUT2D eigenvalue weighted by molar-refractivity contribution is 5.94. The Bertz CT molecular complexity index is 532. The molecule has 0 saturated heterocycles. The Morgan fingerprint density at radius 3 is 2.93 bits per heavy atom. The third-order valence-electron chi connectivity index (χ3n) is 2.00. The van der Waals surface area contributed by atoms with Gasteiger partial charge in [0.25, 0.3) is 0 Å². The molecule has 0 fully saturated rings. The number of ether oxygens (including phenoxy) is 1. The van der Waals surface area contributed by atoms with Gasteiger partial charge in [0.1, 0.15) is 5.52 Å². The van der Waals surface area contributed by atoms with Crippen LogP contribution in [-0.4, -0.2) is 28.0 Å². The summed E-state index contributed by atoms with van der Waals surface area (Å²) in [6, 6.07) is 1.79. The van der Waals surface area contributed by atoms with E-state index in [4.69, 9.17) is 5.73 Å². The second kappa shape index (κ2) is 3.23. The first-order chi connectivity index (χ1) is 7.11. The molecule has 78 valence electrons. The van der Waals surface area contributed by atoms with E-state index < -0.39 is 5.97 Å². The summed E-state index contributed by atoms with van der Waals surface area (Å²) in [5.74, 6) is -0.517. The largest absolute Gasteiger partial charge is 0.464 e. The zero-order valence-electron chi connectivity index (χ0n) is 8.37. The summed E-state index contributed by atoms with van der Waals surface area (Å²) in [6.45, 7) is 1.87. The number of fused-ring (bicyclic) bond motifs is 1. The van der Waals surface area contributed by atoms with Crippen molar-refractivity contribution < 1.29 is 9.53 Å². The summed E-state index contributed by atoms with van der Waals surface area (Å²) in [5, 5.41) is 0. The van der Waals surface area contributed by atoms with Crippen molar-refractivity contribution in [3.05, 3.63) is 17.5 Å². The van der Waals surface area contributed by atoms with Gasteiger partial charge in [-0.1, -0.05) is 0 Å². The van der Waals surface area contributed by atoms with Gasteiger partial charge in [0.05, 0.1) is 7.11 Å². The van der Waals surface area contributed by atoms with Gasteiger partial charge in [-0.15, -0.1) is 0 Å². The van der Waals surface area contributed by atoms with E-state index >= 15 is 0 Å². The first-order valence-corrected chi connectivity index (χ1v) is 4.33. The molecule has 0 spiro atoms. The number of aryl methyl sites for hydroxylation is 1. The van der Waals surface area contributed by atoms with E-state index in [9.17, 15) is 4.79 Å². The van der Waals surface area contributed by atoms with E-state index in [0.29, 0.717) is 11.2 Å². The maximum absolute atomic E-state index is 11.3. The first kappa shape index (κ1) is 9.45. The summed E-state index contributed by atoms with van der Waals surface area (Å²) in [6.07, 6.45) is 0. The number of nitrogens with one attached hydrogen (secondary N) is 1. The van der Waals surface area contributed by atoms with Crippen molar-refractivity contribution in [1.29, 1.82) is 0 Å². The van der Waals surface area contributed by atoms with Gasteiger partial charge in [-0.05, 0) is 13.0 Å². The van der Waals surface area contributed by atoms with Crippen molar-refractivity contribution in [2.45, 2.75) is 6.92 Å². The van der Waals surface area contributed by atoms with Crippen molar-refractivity contribution in [2.75, 3.05) is 12.8 Å². The Hall–Kier alpha value is -2.11. The topological polar surface area (TPSA) is 93.9 Å². The van der Waals surface area contributed by atoms with Crippen molar-refractivity contribution in [1.82, 2.24) is 15.0 Å². The molecule has 0 bridgehead atoms. The van der Waals surface area contributed by atoms with Crippen LogP contribution in [0.5, 0.6) is 0 Å². The normalized spacial score (nSPS) is 10.5. The van der Waals surface area contributed by atoms with E-state index in [1.165, 1.54) is 7.11 Å². The zero-order chi connectivity index (χ0) is 11.0. The minimum Gasteiger partial charge on any atom is -0.464 e. The van der Waals surface area contributed by atoms with Gasteiger partial charge in [-0.2, -0.15) is 0 Å². The Kier molecular flexibility index (Phi) is 2.03. The maximum atomic E-state index is 11.3. The fourth-order valence-corrected chi connectivity index (χ4v) is 1.33. The third-order valence-corrected chi connectivity index (χ3v) is 2.00. The van der Waals surface area contributed by atoms with Crippen LogP contribution in [0.1, 0.15) is 16.2 Å². The highest BCUT2D eigenvalue weighted by Gasteiger charge is 2.15. The van der Waals surface area contributed by atoms with Crippen molar-refractivity contribution >= 4 is 23.0 Å². The molecule has 0 aromatic carbocycles. The van der Waals surface area contributed by atoms with Gasteiger partial charge in [-0.25, -0.2) is 14.8 Å². The van der Waals surface area contributed by atoms with Crippen LogP contribution in [0.3, 0.4) is 0 Å². The number of hydrogen-bond acceptors (Lipinski definition) is 5. The number of esters is 1. The van der Waals surface area contributed by atoms with Crippen molar-refractivity contribution in [2.24, 2.45) is 0 Å². The number of aromatic amines is 1. The number of anilines is 1. The molecule has 6 heteroatoms. The zero-order valence-corrected chi connectivity index (χ0v) is 8.37. The number of carbonyl (C=O) groups excluding carboxylic acids is 1. The number of rotatable bonds is 1. The van der Waals surface area contributed by atoms with E-state index in [1.807, 2.05) is 6.92 Å². The Morgan fingerprint density at radius 1 is 1.53 bits per heavy atom. The van der Waals surface area contributed by atoms with Crippen LogP contribution in [0.2, 0.25) is 0 Å². The number of nitrogens with two attached hydrogens (primary N) is 1. The number of methoxy groups -OCH3 is 1. The molecule has 15 heavy (non-hydrogen) atoms. The van der Waals surface area contributed by atoms with Crippen LogP contribution in [0.25, 0.3) is 11.2 Å². The molecule has 0 aliphatic heterocycles. The van der Waals surface area contributed by atoms with E-state index in [1.54, 1.807) is 6.07 Å². The van der Waals surface area contributed by atoms with Gasteiger partial charge in [0.2, 0.25) is 0 Å². The minimum atomic E-state index is -0.583. The van der Waals surface area contributed by atoms with Crippen molar-refractivity contribution in [3.63, 3.8) is 0 Å². The van der Waals surface area contributed by atoms with Gasteiger partial charge in [0, 0.05) is 5.69 Å². The van der Waals surface area contributed by atoms with Crippen LogP contribution < -0.4 is 5.73 Å². The number of hydrogen-bond donors (Lipinski definition) is 2. The molecule has 0 radical (unpaired) electrons. The summed E-state index contributed by atoms with van der Waals surface area (Å²) < 4.78 is 4.54. The number of H-pyrrole nitrogens is 1. The maximum Gasteiger partial charge on any atom is 0.360 e. The quantitative estimate of drug-likeness (QED) is 0.667. The molecule has 2 aromatic rings. The van der Waals surface area contributed by atoms with E-state index in [2.05, 4.69) is 19.7 Å².